The van der Waals surface area contributed by atoms with Crippen LogP contribution in [0, 0.1) is 0 Å². The number of hydrogen-bond donors (Lipinski definition) is 2. The number of nitrogens with zero attached hydrogens (tertiary/aromatic N) is 3. The third-order valence-electron chi connectivity index (χ3n) is 3.47. The van der Waals surface area contributed by atoms with Crippen LogP contribution in [0.25, 0.3) is 0 Å². The molecule has 2 heterocycles. The van der Waals surface area contributed by atoms with Crippen LogP contribution in [0.5, 0.6) is 0 Å². The van der Waals surface area contributed by atoms with Crippen LogP contribution >= 0.6 is 0 Å². The molecule has 1 aromatic heterocycles. The zero-order valence-electron chi connectivity index (χ0n) is 10.8. The van der Waals surface area contributed by atoms with Gasteiger partial charge in [0, 0.05) is 0 Å². The lowest BCUT2D eigenvalue weighted by molar-refractivity contribution is -0.137. The number of rotatable bonds is 2. The maximum Gasteiger partial charge on any atom is 0.422 e. The number of nitrogen functional groups attached to an aromatic ring is 1. The van der Waals surface area contributed by atoms with E-state index < -0.39 is 29.2 Å². The van der Waals surface area contributed by atoms with Gasteiger partial charge in [-0.3, -0.25) is 0 Å². The zero-order valence-corrected chi connectivity index (χ0v) is 10.8. The van der Waals surface area contributed by atoms with Crippen molar-refractivity contribution in [2.45, 2.75) is 25.1 Å². The number of aromatic carboxylic acids is 1. The van der Waals surface area contributed by atoms with Crippen LogP contribution in [0.4, 0.5) is 19.0 Å². The van der Waals surface area contributed by atoms with E-state index in [0.29, 0.717) is 25.9 Å². The first-order valence-corrected chi connectivity index (χ1v) is 6.08. The molecule has 1 aromatic rings. The summed E-state index contributed by atoms with van der Waals surface area (Å²) < 4.78 is 39.7. The largest absolute Gasteiger partial charge is 0.476 e. The molecule has 20 heavy (non-hydrogen) atoms. The number of piperidine rings is 1. The number of likely N-dealkylation sites (tertiary alicyclic amines) is 1. The molecule has 2 rings (SSSR count). The van der Waals surface area contributed by atoms with Gasteiger partial charge in [-0.25, -0.2) is 9.48 Å². The van der Waals surface area contributed by atoms with Gasteiger partial charge in [0.2, 0.25) is 0 Å². The molecule has 9 heteroatoms. The van der Waals surface area contributed by atoms with Crippen LogP contribution < -0.4 is 5.73 Å². The fourth-order valence-corrected chi connectivity index (χ4v) is 2.39. The molecule has 0 amide bonds. The molecule has 3 N–H and O–H groups in total. The summed E-state index contributed by atoms with van der Waals surface area (Å²) in [6.45, 7) is 1.40. The highest BCUT2D eigenvalue weighted by Gasteiger charge is 2.42. The Kier molecular flexibility index (Phi) is 3.63. The van der Waals surface area contributed by atoms with Gasteiger partial charge < -0.3 is 15.7 Å². The van der Waals surface area contributed by atoms with Crippen LogP contribution in [-0.2, 0) is 6.18 Å². The van der Waals surface area contributed by atoms with Gasteiger partial charge >= 0.3 is 12.1 Å². The summed E-state index contributed by atoms with van der Waals surface area (Å²) in [7, 11) is 1.91. The van der Waals surface area contributed by atoms with Crippen molar-refractivity contribution < 1.29 is 23.1 Å². The Balaban J connectivity index is 2.43. The Labute approximate surface area is 113 Å². The summed E-state index contributed by atoms with van der Waals surface area (Å²) in [5, 5.41) is 12.4. The van der Waals surface area contributed by atoms with E-state index in [1.54, 1.807) is 0 Å². The lowest BCUT2D eigenvalue weighted by Crippen LogP contribution is -2.32. The summed E-state index contributed by atoms with van der Waals surface area (Å²) in [6, 6.07) is -0.305. The molecule has 1 saturated heterocycles. The molecule has 0 saturated carbocycles. The Morgan fingerprint density at radius 1 is 1.40 bits per heavy atom. The van der Waals surface area contributed by atoms with Crippen molar-refractivity contribution >= 4 is 11.8 Å². The summed E-state index contributed by atoms with van der Waals surface area (Å²) >= 11 is 0. The molecule has 0 aliphatic carbocycles. The first-order chi connectivity index (χ1) is 9.21. The van der Waals surface area contributed by atoms with Crippen molar-refractivity contribution in [3.63, 3.8) is 0 Å². The fraction of sp³-hybridized carbons (Fsp3) is 0.636. The van der Waals surface area contributed by atoms with Crippen LogP contribution in [0.1, 0.15) is 34.9 Å². The van der Waals surface area contributed by atoms with E-state index in [9.17, 15) is 18.0 Å². The Morgan fingerprint density at radius 2 is 1.95 bits per heavy atom. The highest BCUT2D eigenvalue weighted by molar-refractivity contribution is 5.89. The summed E-state index contributed by atoms with van der Waals surface area (Å²) in [6.07, 6.45) is -3.67. The highest BCUT2D eigenvalue weighted by Crippen LogP contribution is 2.38. The molecule has 1 fully saturated rings. The van der Waals surface area contributed by atoms with E-state index in [0.717, 1.165) is 4.68 Å². The van der Waals surface area contributed by atoms with Gasteiger partial charge in [-0.2, -0.15) is 18.3 Å². The molecule has 0 atom stereocenters. The lowest BCUT2D eigenvalue weighted by Gasteiger charge is -2.29. The highest BCUT2D eigenvalue weighted by atomic mass is 19.4. The van der Waals surface area contributed by atoms with Gasteiger partial charge in [0.15, 0.2) is 5.69 Å². The Bertz CT molecular complexity index is 518. The smallest absolute Gasteiger partial charge is 0.422 e. The molecule has 1 aliphatic rings. The maximum absolute atomic E-state index is 12.9. The maximum atomic E-state index is 12.9. The topological polar surface area (TPSA) is 84.4 Å². The molecule has 0 radical (unpaired) electrons. The van der Waals surface area contributed by atoms with Crippen LogP contribution in [-0.4, -0.2) is 45.9 Å². The minimum absolute atomic E-state index is 0.305. The fourth-order valence-electron chi connectivity index (χ4n) is 2.39. The summed E-state index contributed by atoms with van der Waals surface area (Å²) in [5.41, 5.74) is 3.11. The first-order valence-electron chi connectivity index (χ1n) is 6.08. The van der Waals surface area contributed by atoms with Crippen molar-refractivity contribution in [3.05, 3.63) is 11.3 Å². The first kappa shape index (κ1) is 14.6. The van der Waals surface area contributed by atoms with E-state index in [1.165, 1.54) is 0 Å². The van der Waals surface area contributed by atoms with E-state index in [4.69, 9.17) is 10.8 Å². The molecule has 0 aromatic carbocycles. The minimum atomic E-state index is -4.83. The number of halogens is 3. The van der Waals surface area contributed by atoms with Crippen molar-refractivity contribution in [3.8, 4) is 0 Å². The van der Waals surface area contributed by atoms with E-state index >= 15 is 0 Å². The third kappa shape index (κ3) is 2.58. The molecule has 0 bridgehead atoms. The number of carbonyl (C=O) groups is 1. The van der Waals surface area contributed by atoms with Gasteiger partial charge in [0.1, 0.15) is 11.4 Å². The number of anilines is 1. The van der Waals surface area contributed by atoms with Gasteiger partial charge in [-0.1, -0.05) is 0 Å². The number of aromatic nitrogens is 2. The number of nitrogens with two attached hydrogens (primary N) is 1. The molecule has 0 spiro atoms. The predicted molar refractivity (Wildman–Crippen MR) is 64.4 cm³/mol. The molecule has 112 valence electrons. The molecule has 1 aliphatic heterocycles. The van der Waals surface area contributed by atoms with Crippen molar-refractivity contribution in [1.29, 1.82) is 0 Å². The summed E-state index contributed by atoms with van der Waals surface area (Å²) in [5.74, 6) is -2.35. The van der Waals surface area contributed by atoms with Gasteiger partial charge in [0.05, 0.1) is 6.04 Å². The zero-order chi connectivity index (χ0) is 15.1. The molecule has 6 nitrogen and oxygen atoms in total. The number of carboxylic acid groups (broad SMARTS) is 1. The van der Waals surface area contributed by atoms with Crippen LogP contribution in [0.2, 0.25) is 0 Å². The number of hydrogen-bond acceptors (Lipinski definition) is 4. The van der Waals surface area contributed by atoms with Crippen molar-refractivity contribution in [2.24, 2.45) is 0 Å². The molecular weight excluding hydrogens is 277 g/mol. The minimum Gasteiger partial charge on any atom is -0.476 e. The van der Waals surface area contributed by atoms with Gasteiger partial charge in [-0.05, 0) is 33.0 Å². The van der Waals surface area contributed by atoms with Crippen LogP contribution in [0.15, 0.2) is 0 Å². The number of carboxylic acids is 1. The Hall–Kier alpha value is -1.77. The number of alkyl halides is 3. The molecule has 0 unspecified atom stereocenters. The SMILES string of the molecule is CN1CCC(n2nc(C(=O)O)c(C(F)(F)F)c2N)CC1. The lowest BCUT2D eigenvalue weighted by atomic mass is 10.1. The standard InChI is InChI=1S/C11H15F3N4O2/c1-17-4-2-6(3-5-17)18-9(15)7(11(12,13)14)8(16-18)10(19)20/h6H,2-5,15H2,1H3,(H,19,20). The Morgan fingerprint density at radius 3 is 2.35 bits per heavy atom. The average molecular weight is 292 g/mol. The van der Waals surface area contributed by atoms with Crippen molar-refractivity contribution in [1.82, 2.24) is 14.7 Å². The monoisotopic (exact) mass is 292 g/mol. The quantitative estimate of drug-likeness (QED) is 0.862. The second-order valence-corrected chi connectivity index (χ2v) is 4.89. The van der Waals surface area contributed by atoms with E-state index in [2.05, 4.69) is 5.10 Å². The second kappa shape index (κ2) is 4.97. The summed E-state index contributed by atoms with van der Waals surface area (Å²) in [4.78, 5) is 13.0. The van der Waals surface area contributed by atoms with Gasteiger partial charge in [0.25, 0.3) is 0 Å². The van der Waals surface area contributed by atoms with E-state index in [1.807, 2.05) is 11.9 Å². The average Bonchev–Trinajstić information content (AvgIpc) is 2.68. The predicted octanol–water partition coefficient (Wildman–Crippen LogP) is 1.45. The third-order valence-corrected chi connectivity index (χ3v) is 3.47. The van der Waals surface area contributed by atoms with Gasteiger partial charge in [-0.15, -0.1) is 0 Å². The van der Waals surface area contributed by atoms with Crippen molar-refractivity contribution in [2.75, 3.05) is 25.9 Å². The molecular formula is C11H15F3N4O2. The normalized spacial score (nSPS) is 18.4. The van der Waals surface area contributed by atoms with Crippen LogP contribution in [0.3, 0.4) is 0 Å². The second-order valence-electron chi connectivity index (χ2n) is 4.89. The van der Waals surface area contributed by atoms with E-state index in [-0.39, 0.29) is 6.04 Å².